The minimum absolute atomic E-state index is 0.688. The average Bonchev–Trinajstić information content (AvgIpc) is 3.23. The Morgan fingerprint density at radius 2 is 2.00 bits per heavy atom. The minimum Gasteiger partial charge on any atom is -0.364 e. The van der Waals surface area contributed by atoms with Crippen LogP contribution in [0.3, 0.4) is 0 Å². The van der Waals surface area contributed by atoms with Crippen LogP contribution >= 0.6 is 22.9 Å². The molecular weight excluding hydrogens is 328 g/mol. The number of anilines is 1. The number of aromatic nitrogens is 3. The molecule has 1 aromatic carbocycles. The molecule has 0 fully saturated rings. The first-order valence-electron chi connectivity index (χ1n) is 7.17. The number of rotatable bonds is 4. The Bertz CT molecular complexity index is 946. The fourth-order valence-corrected chi connectivity index (χ4v) is 3.29. The SMILES string of the molecule is Clc1ccccc1-c1cnc2ccc(NCc3cccs3)nn12. The molecule has 1 N–H and O–H groups in total. The van der Waals surface area contributed by atoms with Gasteiger partial charge < -0.3 is 5.32 Å². The van der Waals surface area contributed by atoms with Crippen LogP contribution in [0.2, 0.25) is 5.02 Å². The predicted molar refractivity (Wildman–Crippen MR) is 95.1 cm³/mol. The Hall–Kier alpha value is -2.37. The number of hydrogen-bond acceptors (Lipinski definition) is 4. The van der Waals surface area contributed by atoms with Gasteiger partial charge in [-0.3, -0.25) is 0 Å². The molecule has 3 heterocycles. The Balaban J connectivity index is 1.70. The van der Waals surface area contributed by atoms with E-state index in [2.05, 4.69) is 26.8 Å². The van der Waals surface area contributed by atoms with Gasteiger partial charge in [0.2, 0.25) is 0 Å². The van der Waals surface area contributed by atoms with E-state index in [9.17, 15) is 0 Å². The van der Waals surface area contributed by atoms with Crippen LogP contribution in [0.25, 0.3) is 16.9 Å². The van der Waals surface area contributed by atoms with Crippen molar-refractivity contribution in [2.24, 2.45) is 0 Å². The Labute approximate surface area is 142 Å². The van der Waals surface area contributed by atoms with Crippen molar-refractivity contribution >= 4 is 34.4 Å². The fraction of sp³-hybridized carbons (Fsp3) is 0.0588. The van der Waals surface area contributed by atoms with Gasteiger partial charge in [0.1, 0.15) is 5.82 Å². The van der Waals surface area contributed by atoms with Crippen molar-refractivity contribution in [1.29, 1.82) is 0 Å². The lowest BCUT2D eigenvalue weighted by Crippen LogP contribution is -2.03. The maximum absolute atomic E-state index is 6.30. The maximum Gasteiger partial charge on any atom is 0.154 e. The zero-order chi connectivity index (χ0) is 15.6. The van der Waals surface area contributed by atoms with Crippen molar-refractivity contribution < 1.29 is 0 Å². The Morgan fingerprint density at radius 3 is 2.83 bits per heavy atom. The number of fused-ring (bicyclic) bond motifs is 1. The summed E-state index contributed by atoms with van der Waals surface area (Å²) in [7, 11) is 0. The van der Waals surface area contributed by atoms with Crippen LogP contribution in [0.4, 0.5) is 5.82 Å². The minimum atomic E-state index is 0.688. The van der Waals surface area contributed by atoms with Gasteiger partial charge in [0, 0.05) is 10.4 Å². The third kappa shape index (κ3) is 2.81. The zero-order valence-electron chi connectivity index (χ0n) is 12.1. The van der Waals surface area contributed by atoms with E-state index >= 15 is 0 Å². The molecule has 0 unspecified atom stereocenters. The molecule has 6 heteroatoms. The average molecular weight is 341 g/mol. The summed E-state index contributed by atoms with van der Waals surface area (Å²) in [5.74, 6) is 0.803. The molecule has 4 aromatic rings. The molecule has 0 saturated carbocycles. The lowest BCUT2D eigenvalue weighted by atomic mass is 10.2. The molecule has 0 amide bonds. The van der Waals surface area contributed by atoms with Crippen LogP contribution in [0.1, 0.15) is 4.88 Å². The monoisotopic (exact) mass is 340 g/mol. The molecule has 0 atom stereocenters. The molecule has 23 heavy (non-hydrogen) atoms. The first-order valence-corrected chi connectivity index (χ1v) is 8.43. The molecule has 0 radical (unpaired) electrons. The largest absolute Gasteiger partial charge is 0.364 e. The van der Waals surface area contributed by atoms with E-state index < -0.39 is 0 Å². The maximum atomic E-state index is 6.30. The summed E-state index contributed by atoms with van der Waals surface area (Å²) in [6.07, 6.45) is 1.80. The fourth-order valence-electron chi connectivity index (χ4n) is 2.41. The van der Waals surface area contributed by atoms with Crippen molar-refractivity contribution in [3.8, 4) is 11.3 Å². The summed E-state index contributed by atoms with van der Waals surface area (Å²) in [6.45, 7) is 0.756. The van der Waals surface area contributed by atoms with E-state index in [1.54, 1.807) is 17.5 Å². The molecule has 4 nitrogen and oxygen atoms in total. The van der Waals surface area contributed by atoms with Crippen LogP contribution in [-0.2, 0) is 6.54 Å². The van der Waals surface area contributed by atoms with E-state index in [1.165, 1.54) is 4.88 Å². The zero-order valence-corrected chi connectivity index (χ0v) is 13.7. The molecule has 0 bridgehead atoms. The summed E-state index contributed by atoms with van der Waals surface area (Å²) in [6, 6.07) is 15.7. The molecule has 0 spiro atoms. The third-order valence-electron chi connectivity index (χ3n) is 3.54. The normalized spacial score (nSPS) is 11.0. The van der Waals surface area contributed by atoms with Gasteiger partial charge in [0.25, 0.3) is 0 Å². The van der Waals surface area contributed by atoms with Gasteiger partial charge in [0.05, 0.1) is 23.5 Å². The third-order valence-corrected chi connectivity index (χ3v) is 4.74. The summed E-state index contributed by atoms with van der Waals surface area (Å²) in [4.78, 5) is 5.67. The lowest BCUT2D eigenvalue weighted by molar-refractivity contribution is 0.933. The van der Waals surface area contributed by atoms with Crippen molar-refractivity contribution in [2.45, 2.75) is 6.54 Å². The van der Waals surface area contributed by atoms with Crippen LogP contribution in [-0.4, -0.2) is 14.6 Å². The summed E-state index contributed by atoms with van der Waals surface area (Å²) in [5, 5.41) is 10.7. The van der Waals surface area contributed by atoms with Crippen molar-refractivity contribution in [3.05, 3.63) is 70.0 Å². The van der Waals surface area contributed by atoms with E-state index in [0.717, 1.165) is 29.3 Å². The first-order chi connectivity index (χ1) is 11.3. The summed E-state index contributed by atoms with van der Waals surface area (Å²) in [5.41, 5.74) is 2.59. The molecule has 0 aliphatic heterocycles. The van der Waals surface area contributed by atoms with Gasteiger partial charge in [-0.2, -0.15) is 0 Å². The van der Waals surface area contributed by atoms with Gasteiger partial charge in [-0.1, -0.05) is 35.9 Å². The van der Waals surface area contributed by atoms with E-state index in [-0.39, 0.29) is 0 Å². The van der Waals surface area contributed by atoms with Gasteiger partial charge in [-0.15, -0.1) is 16.4 Å². The van der Waals surface area contributed by atoms with Gasteiger partial charge in [-0.25, -0.2) is 9.50 Å². The predicted octanol–water partition coefficient (Wildman–Crippen LogP) is 4.72. The van der Waals surface area contributed by atoms with Gasteiger partial charge >= 0.3 is 0 Å². The number of halogens is 1. The van der Waals surface area contributed by atoms with Crippen LogP contribution in [0, 0.1) is 0 Å². The lowest BCUT2D eigenvalue weighted by Gasteiger charge is -2.07. The van der Waals surface area contributed by atoms with Gasteiger partial charge in [-0.05, 0) is 29.6 Å². The number of thiophene rings is 1. The number of nitrogens with one attached hydrogen (secondary N) is 1. The van der Waals surface area contributed by atoms with E-state index in [0.29, 0.717) is 5.02 Å². The molecule has 4 rings (SSSR count). The second-order valence-corrected chi connectivity index (χ2v) is 6.48. The molecule has 114 valence electrons. The molecule has 3 aromatic heterocycles. The van der Waals surface area contributed by atoms with E-state index in [1.807, 2.05) is 47.0 Å². The highest BCUT2D eigenvalue weighted by Crippen LogP contribution is 2.28. The number of nitrogens with zero attached hydrogens (tertiary/aromatic N) is 3. The molecular formula is C17H13ClN4S. The number of benzene rings is 1. The number of imidazole rings is 1. The Kier molecular flexibility index (Phi) is 3.73. The quantitative estimate of drug-likeness (QED) is 0.584. The Morgan fingerprint density at radius 1 is 1.09 bits per heavy atom. The van der Waals surface area contributed by atoms with Gasteiger partial charge in [0.15, 0.2) is 5.65 Å². The van der Waals surface area contributed by atoms with Crippen LogP contribution in [0.15, 0.2) is 60.1 Å². The highest BCUT2D eigenvalue weighted by atomic mass is 35.5. The highest BCUT2D eigenvalue weighted by Gasteiger charge is 2.10. The van der Waals surface area contributed by atoms with Crippen LogP contribution < -0.4 is 5.32 Å². The summed E-state index contributed by atoms with van der Waals surface area (Å²) < 4.78 is 1.82. The molecule has 0 aliphatic rings. The smallest absolute Gasteiger partial charge is 0.154 e. The highest BCUT2D eigenvalue weighted by molar-refractivity contribution is 7.09. The molecule has 0 aliphatic carbocycles. The van der Waals surface area contributed by atoms with Crippen molar-refractivity contribution in [3.63, 3.8) is 0 Å². The standard InChI is InChI=1S/C17H13ClN4S/c18-14-6-2-1-5-13(14)15-11-20-17-8-7-16(21-22(15)17)19-10-12-4-3-9-23-12/h1-9,11H,10H2,(H,19,21). The van der Waals surface area contributed by atoms with Crippen molar-refractivity contribution in [2.75, 3.05) is 5.32 Å². The van der Waals surface area contributed by atoms with Crippen molar-refractivity contribution in [1.82, 2.24) is 14.6 Å². The van der Waals surface area contributed by atoms with Crippen LogP contribution in [0.5, 0.6) is 0 Å². The second kappa shape index (κ2) is 6.02. The first kappa shape index (κ1) is 14.2. The summed E-state index contributed by atoms with van der Waals surface area (Å²) >= 11 is 8.02. The van der Waals surface area contributed by atoms with E-state index in [4.69, 9.17) is 11.6 Å². The molecule has 0 saturated heterocycles. The second-order valence-electron chi connectivity index (χ2n) is 5.04. The topological polar surface area (TPSA) is 42.2 Å². The number of hydrogen-bond donors (Lipinski definition) is 1.